The maximum absolute atomic E-state index is 11.9. The van der Waals surface area contributed by atoms with E-state index in [1.807, 2.05) is 0 Å². The Balaban J connectivity index is 1.45. The second kappa shape index (κ2) is 7.94. The minimum Gasteiger partial charge on any atom is -0.467 e. The van der Waals surface area contributed by atoms with Crippen molar-refractivity contribution in [3.8, 4) is 0 Å². The van der Waals surface area contributed by atoms with Crippen LogP contribution in [0.15, 0.2) is 37.7 Å². The first kappa shape index (κ1) is 17.2. The van der Waals surface area contributed by atoms with Crippen LogP contribution < -0.4 is 10.6 Å². The lowest BCUT2D eigenvalue weighted by Crippen LogP contribution is -2.24. The third-order valence-electron chi connectivity index (χ3n) is 2.85. The predicted molar refractivity (Wildman–Crippen MR) is 90.4 cm³/mol. The fourth-order valence-corrected chi connectivity index (χ4v) is 3.31. The molecule has 0 aliphatic carbocycles. The lowest BCUT2D eigenvalue weighted by atomic mass is 10.4. The molecule has 2 N–H and O–H groups in total. The number of aromatic nitrogens is 3. The zero-order valence-corrected chi connectivity index (χ0v) is 14.6. The van der Waals surface area contributed by atoms with Crippen LogP contribution in [0.3, 0.4) is 0 Å². The monoisotopic (exact) mass is 379 g/mol. The van der Waals surface area contributed by atoms with Crippen molar-refractivity contribution in [2.45, 2.75) is 17.8 Å². The van der Waals surface area contributed by atoms with E-state index < -0.39 is 5.91 Å². The lowest BCUT2D eigenvalue weighted by molar-refractivity contribution is -0.118. The number of rotatable bonds is 7. The van der Waals surface area contributed by atoms with Crippen molar-refractivity contribution < 1.29 is 18.5 Å². The molecule has 0 unspecified atom stereocenters. The Morgan fingerprint density at radius 3 is 2.96 bits per heavy atom. The van der Waals surface area contributed by atoms with Crippen LogP contribution in [0.1, 0.15) is 22.0 Å². The molecule has 9 nitrogen and oxygen atoms in total. The fraction of sp³-hybridized carbons (Fsp3) is 0.214. The van der Waals surface area contributed by atoms with Gasteiger partial charge in [-0.1, -0.05) is 28.3 Å². The summed E-state index contributed by atoms with van der Waals surface area (Å²) in [5, 5.41) is 17.0. The van der Waals surface area contributed by atoms with Crippen molar-refractivity contribution in [1.29, 1.82) is 0 Å². The topological polar surface area (TPSA) is 123 Å². The minimum absolute atomic E-state index is 0.153. The van der Waals surface area contributed by atoms with Gasteiger partial charge >= 0.3 is 0 Å². The third kappa shape index (κ3) is 4.90. The number of thioether (sulfide) groups is 1. The van der Waals surface area contributed by atoms with E-state index in [9.17, 15) is 9.59 Å². The number of carbonyl (C=O) groups excluding carboxylic acids is 2. The molecule has 0 saturated heterocycles. The van der Waals surface area contributed by atoms with Crippen LogP contribution in [0.5, 0.6) is 0 Å². The van der Waals surface area contributed by atoms with Crippen LogP contribution in [0, 0.1) is 6.92 Å². The highest BCUT2D eigenvalue weighted by Gasteiger charge is 2.14. The molecule has 0 bridgehead atoms. The van der Waals surface area contributed by atoms with Crippen LogP contribution >= 0.6 is 23.1 Å². The van der Waals surface area contributed by atoms with Crippen molar-refractivity contribution in [1.82, 2.24) is 20.7 Å². The van der Waals surface area contributed by atoms with Crippen LogP contribution in [0.25, 0.3) is 0 Å². The molecular formula is C14H13N5O4S2. The number of hydrogen-bond acceptors (Lipinski definition) is 9. The summed E-state index contributed by atoms with van der Waals surface area (Å²) >= 11 is 2.40. The van der Waals surface area contributed by atoms with E-state index in [-0.39, 0.29) is 17.4 Å². The van der Waals surface area contributed by atoms with Crippen molar-refractivity contribution in [3.63, 3.8) is 0 Å². The Morgan fingerprint density at radius 1 is 1.36 bits per heavy atom. The van der Waals surface area contributed by atoms with E-state index >= 15 is 0 Å². The fourth-order valence-electron chi connectivity index (χ4n) is 1.73. The van der Waals surface area contributed by atoms with E-state index in [0.29, 0.717) is 27.5 Å². The molecule has 3 heterocycles. The maximum Gasteiger partial charge on any atom is 0.279 e. The number of carbonyl (C=O) groups is 2. The first-order valence-electron chi connectivity index (χ1n) is 7.10. The van der Waals surface area contributed by atoms with Gasteiger partial charge in [0.2, 0.25) is 11.0 Å². The van der Waals surface area contributed by atoms with Crippen LogP contribution in [-0.2, 0) is 11.3 Å². The Morgan fingerprint density at radius 2 is 2.24 bits per heavy atom. The lowest BCUT2D eigenvalue weighted by Gasteiger charge is -2.01. The van der Waals surface area contributed by atoms with Crippen molar-refractivity contribution >= 4 is 40.0 Å². The number of aryl methyl sites for hydroxylation is 1. The number of nitrogens with one attached hydrogen (secondary N) is 2. The largest absolute Gasteiger partial charge is 0.467 e. The van der Waals surface area contributed by atoms with Crippen molar-refractivity contribution in [2.75, 3.05) is 11.1 Å². The van der Waals surface area contributed by atoms with Gasteiger partial charge in [0.1, 0.15) is 11.5 Å². The highest BCUT2D eigenvalue weighted by atomic mass is 32.2. The normalized spacial score (nSPS) is 10.6. The molecule has 130 valence electrons. The highest BCUT2D eigenvalue weighted by Crippen LogP contribution is 2.25. The van der Waals surface area contributed by atoms with E-state index in [2.05, 4.69) is 26.0 Å². The van der Waals surface area contributed by atoms with Gasteiger partial charge in [-0.15, -0.1) is 10.2 Å². The number of anilines is 1. The van der Waals surface area contributed by atoms with Gasteiger partial charge in [0.05, 0.1) is 18.6 Å². The molecule has 2 amide bonds. The maximum atomic E-state index is 11.9. The van der Waals surface area contributed by atoms with Crippen LogP contribution in [0.2, 0.25) is 0 Å². The molecular weight excluding hydrogens is 366 g/mol. The van der Waals surface area contributed by atoms with Gasteiger partial charge in [0, 0.05) is 6.07 Å². The van der Waals surface area contributed by atoms with E-state index in [0.717, 1.165) is 0 Å². The quantitative estimate of drug-likeness (QED) is 0.472. The third-order valence-corrected chi connectivity index (χ3v) is 4.83. The van der Waals surface area contributed by atoms with Crippen molar-refractivity contribution in [3.05, 3.63) is 41.7 Å². The van der Waals surface area contributed by atoms with E-state index in [1.54, 1.807) is 25.3 Å². The predicted octanol–water partition coefficient (Wildman–Crippen LogP) is 2.09. The average molecular weight is 379 g/mol. The number of hydrogen-bond donors (Lipinski definition) is 2. The Labute approximate surface area is 150 Å². The number of amides is 2. The summed E-state index contributed by atoms with van der Waals surface area (Å²) in [6.45, 7) is 2.03. The van der Waals surface area contributed by atoms with Gasteiger partial charge in [-0.2, -0.15) is 0 Å². The molecule has 0 aromatic carbocycles. The SMILES string of the molecule is Cc1cc(C(=O)Nc2nnc(SCC(=O)NCc3ccco3)s2)no1. The standard InChI is InChI=1S/C14H13N5O4S2/c1-8-5-10(19-23-8)12(21)16-13-17-18-14(25-13)24-7-11(20)15-6-9-3-2-4-22-9/h2-5H,6-7H2,1H3,(H,15,20)(H,16,17,21). The van der Waals surface area contributed by atoms with E-state index in [1.165, 1.54) is 29.2 Å². The molecule has 11 heteroatoms. The second-order valence-corrected chi connectivity index (χ2v) is 6.99. The number of furan rings is 1. The zero-order valence-electron chi connectivity index (χ0n) is 13.0. The molecule has 3 aromatic rings. The molecule has 0 atom stereocenters. The summed E-state index contributed by atoms with van der Waals surface area (Å²) in [5.41, 5.74) is 0.166. The van der Waals surface area contributed by atoms with Crippen molar-refractivity contribution in [2.24, 2.45) is 0 Å². The summed E-state index contributed by atoms with van der Waals surface area (Å²) in [4.78, 5) is 23.7. The summed E-state index contributed by atoms with van der Waals surface area (Å²) < 4.78 is 10.5. The summed E-state index contributed by atoms with van der Waals surface area (Å²) in [6, 6.07) is 5.06. The van der Waals surface area contributed by atoms with Gasteiger partial charge in [0.15, 0.2) is 10.0 Å². The van der Waals surface area contributed by atoms with Crippen LogP contribution in [0.4, 0.5) is 5.13 Å². The van der Waals surface area contributed by atoms with Gasteiger partial charge < -0.3 is 14.3 Å². The first-order valence-corrected chi connectivity index (χ1v) is 8.90. The molecule has 25 heavy (non-hydrogen) atoms. The highest BCUT2D eigenvalue weighted by molar-refractivity contribution is 8.01. The van der Waals surface area contributed by atoms with Crippen LogP contribution in [-0.4, -0.2) is 32.9 Å². The molecule has 3 rings (SSSR count). The van der Waals surface area contributed by atoms with E-state index in [4.69, 9.17) is 8.94 Å². The molecule has 0 aliphatic rings. The zero-order chi connectivity index (χ0) is 17.6. The Bertz CT molecular complexity index is 858. The second-order valence-electron chi connectivity index (χ2n) is 4.79. The smallest absolute Gasteiger partial charge is 0.279 e. The van der Waals surface area contributed by atoms with Gasteiger partial charge in [0.25, 0.3) is 5.91 Å². The Hall–Kier alpha value is -2.66. The first-order chi connectivity index (χ1) is 12.1. The average Bonchev–Trinajstić information content (AvgIpc) is 3.33. The number of nitrogens with zero attached hydrogens (tertiary/aromatic N) is 3. The van der Waals surface area contributed by atoms with Gasteiger partial charge in [-0.3, -0.25) is 14.9 Å². The Kier molecular flexibility index (Phi) is 5.46. The van der Waals surface area contributed by atoms with Gasteiger partial charge in [-0.25, -0.2) is 0 Å². The summed E-state index contributed by atoms with van der Waals surface area (Å²) in [5.74, 6) is 0.828. The molecule has 0 fully saturated rings. The molecule has 0 radical (unpaired) electrons. The minimum atomic E-state index is -0.430. The molecule has 0 spiro atoms. The van der Waals surface area contributed by atoms with Gasteiger partial charge in [-0.05, 0) is 19.1 Å². The summed E-state index contributed by atoms with van der Waals surface area (Å²) in [6.07, 6.45) is 1.55. The molecule has 0 aliphatic heterocycles. The molecule has 3 aromatic heterocycles. The summed E-state index contributed by atoms with van der Waals surface area (Å²) in [7, 11) is 0. The molecule has 0 saturated carbocycles.